The molecule has 0 saturated carbocycles. The van der Waals surface area contributed by atoms with Gasteiger partial charge in [-0.25, -0.2) is 14.4 Å². The van der Waals surface area contributed by atoms with Gasteiger partial charge in [-0.05, 0) is 39.1 Å². The lowest BCUT2D eigenvalue weighted by Gasteiger charge is -2.44. The van der Waals surface area contributed by atoms with Gasteiger partial charge in [0.25, 0.3) is 11.5 Å². The van der Waals surface area contributed by atoms with Crippen molar-refractivity contribution in [3.05, 3.63) is 64.0 Å². The van der Waals surface area contributed by atoms with E-state index < -0.39 is 34.6 Å². The molecular weight excluding hydrogens is 570 g/mol. The number of nitrogens with zero attached hydrogens (tertiary/aromatic N) is 6. The number of nitrogens with one attached hydrogen (secondary N) is 1. The standard InChI is InChI=1S/C29H33F4N7O3/c1-17-14-40(15-18(2)38(17)4)25-13-22(30)19(23-5-6-34-28(36-23)39-7-9-43-10-8-39)11-24(25)35-27(42)20-16-37(3)26(41)12-21(20)29(31,32)33/h5-6,11-13,16-18H,7-10,14-15H2,1-4H3,(H,35,42)/t17-,18+. The fourth-order valence-corrected chi connectivity index (χ4v) is 5.37. The maximum Gasteiger partial charge on any atom is 0.417 e. The van der Waals surface area contributed by atoms with Crippen LogP contribution >= 0.6 is 0 Å². The van der Waals surface area contributed by atoms with Gasteiger partial charge in [0.1, 0.15) is 5.82 Å². The summed E-state index contributed by atoms with van der Waals surface area (Å²) in [6, 6.07) is 4.74. The number of halogens is 4. The van der Waals surface area contributed by atoms with Crippen LogP contribution in [0.2, 0.25) is 0 Å². The van der Waals surface area contributed by atoms with Gasteiger partial charge < -0.3 is 24.4 Å². The number of pyridine rings is 1. The van der Waals surface area contributed by atoms with Crippen molar-refractivity contribution in [2.45, 2.75) is 32.1 Å². The van der Waals surface area contributed by atoms with Gasteiger partial charge in [-0.1, -0.05) is 0 Å². The number of rotatable bonds is 5. The Kier molecular flexibility index (Phi) is 8.43. The maximum atomic E-state index is 15.9. The molecule has 2 aliphatic heterocycles. The summed E-state index contributed by atoms with van der Waals surface area (Å²) in [6.07, 6.45) is -2.59. The number of likely N-dealkylation sites (N-methyl/N-ethyl adjacent to an activating group) is 1. The molecule has 14 heteroatoms. The van der Waals surface area contributed by atoms with Crippen molar-refractivity contribution in [3.63, 3.8) is 0 Å². The highest BCUT2D eigenvalue weighted by atomic mass is 19.4. The van der Waals surface area contributed by atoms with Crippen LogP contribution in [-0.2, 0) is 18.0 Å². The van der Waals surface area contributed by atoms with E-state index in [2.05, 4.69) is 20.2 Å². The molecule has 0 unspecified atom stereocenters. The third kappa shape index (κ3) is 6.34. The van der Waals surface area contributed by atoms with Crippen molar-refractivity contribution >= 4 is 23.2 Å². The van der Waals surface area contributed by atoms with Gasteiger partial charge in [-0.15, -0.1) is 0 Å². The van der Waals surface area contributed by atoms with Gasteiger partial charge in [0, 0.05) is 69.3 Å². The highest BCUT2D eigenvalue weighted by Crippen LogP contribution is 2.37. The van der Waals surface area contributed by atoms with E-state index in [0.717, 1.165) is 10.8 Å². The predicted molar refractivity (Wildman–Crippen MR) is 154 cm³/mol. The number of ether oxygens (including phenoxy) is 1. The van der Waals surface area contributed by atoms with Crippen molar-refractivity contribution in [1.82, 2.24) is 19.4 Å². The van der Waals surface area contributed by atoms with Crippen molar-refractivity contribution in [3.8, 4) is 11.3 Å². The SMILES string of the molecule is C[C@@H]1CN(c2cc(F)c(-c3ccnc(N4CCOCC4)n3)cc2NC(=O)c2cn(C)c(=O)cc2C(F)(F)F)C[C@H](C)N1C. The lowest BCUT2D eigenvalue weighted by Crippen LogP contribution is -2.55. The molecule has 10 nitrogen and oxygen atoms in total. The molecule has 43 heavy (non-hydrogen) atoms. The molecule has 2 aliphatic rings. The molecule has 4 heterocycles. The summed E-state index contributed by atoms with van der Waals surface area (Å²) in [5.41, 5.74) is -2.28. The zero-order valence-electron chi connectivity index (χ0n) is 24.3. The van der Waals surface area contributed by atoms with Crippen molar-refractivity contribution in [2.75, 3.05) is 61.6 Å². The summed E-state index contributed by atoms with van der Waals surface area (Å²) in [7, 11) is 3.24. The highest BCUT2D eigenvalue weighted by Gasteiger charge is 2.37. The summed E-state index contributed by atoms with van der Waals surface area (Å²) >= 11 is 0. The van der Waals surface area contributed by atoms with E-state index in [0.29, 0.717) is 57.1 Å². The first-order chi connectivity index (χ1) is 20.3. The monoisotopic (exact) mass is 603 g/mol. The molecule has 3 aromatic rings. The van der Waals surface area contributed by atoms with Crippen LogP contribution in [0.4, 0.5) is 34.9 Å². The van der Waals surface area contributed by atoms with Crippen molar-refractivity contribution in [2.24, 2.45) is 7.05 Å². The summed E-state index contributed by atoms with van der Waals surface area (Å²) in [5.74, 6) is -1.32. The van der Waals surface area contributed by atoms with Crippen LogP contribution in [0, 0.1) is 5.82 Å². The van der Waals surface area contributed by atoms with E-state index >= 15 is 4.39 Å². The molecule has 2 aromatic heterocycles. The number of piperazine rings is 1. The number of aryl methyl sites for hydroxylation is 1. The number of carbonyl (C=O) groups excluding carboxylic acids is 1. The van der Waals surface area contributed by atoms with Gasteiger partial charge in [0.15, 0.2) is 0 Å². The summed E-state index contributed by atoms with van der Waals surface area (Å²) < 4.78 is 63.7. The van der Waals surface area contributed by atoms with Gasteiger partial charge in [-0.2, -0.15) is 13.2 Å². The molecule has 230 valence electrons. The first-order valence-electron chi connectivity index (χ1n) is 13.9. The predicted octanol–water partition coefficient (Wildman–Crippen LogP) is 3.62. The van der Waals surface area contributed by atoms with Crippen LogP contribution in [0.1, 0.15) is 29.8 Å². The number of hydrogen-bond acceptors (Lipinski definition) is 8. The molecule has 0 aliphatic carbocycles. The molecule has 0 bridgehead atoms. The number of benzene rings is 1. The minimum atomic E-state index is -4.95. The number of anilines is 3. The zero-order chi connectivity index (χ0) is 31.1. The average Bonchev–Trinajstić information content (AvgIpc) is 2.97. The molecule has 0 spiro atoms. The Morgan fingerprint density at radius 3 is 2.37 bits per heavy atom. The largest absolute Gasteiger partial charge is 0.417 e. The minimum Gasteiger partial charge on any atom is -0.378 e. The second kappa shape index (κ2) is 11.9. The topological polar surface area (TPSA) is 95.8 Å². The van der Waals surface area contributed by atoms with Gasteiger partial charge in [0.2, 0.25) is 5.95 Å². The first-order valence-corrected chi connectivity index (χ1v) is 13.9. The lowest BCUT2D eigenvalue weighted by molar-refractivity contribution is -0.138. The van der Waals surface area contributed by atoms with Crippen molar-refractivity contribution < 1.29 is 27.1 Å². The van der Waals surface area contributed by atoms with E-state index in [1.807, 2.05) is 30.7 Å². The number of amides is 1. The van der Waals surface area contributed by atoms with E-state index in [1.54, 1.807) is 0 Å². The van der Waals surface area contributed by atoms with Crippen LogP contribution in [0.25, 0.3) is 11.3 Å². The Labute approximate surface area is 245 Å². The van der Waals surface area contributed by atoms with Crippen LogP contribution in [-0.4, -0.2) is 83.9 Å². The molecule has 2 fully saturated rings. The first kappa shape index (κ1) is 30.4. The summed E-state index contributed by atoms with van der Waals surface area (Å²) in [4.78, 5) is 40.3. The second-order valence-electron chi connectivity index (χ2n) is 11.0. The van der Waals surface area contributed by atoms with Crippen molar-refractivity contribution in [1.29, 1.82) is 0 Å². The average molecular weight is 604 g/mol. The Balaban J connectivity index is 1.59. The molecule has 2 atom stereocenters. The van der Waals surface area contributed by atoms with Gasteiger partial charge >= 0.3 is 6.18 Å². The third-order valence-electron chi connectivity index (χ3n) is 8.03. The molecule has 5 rings (SSSR count). The van der Waals surface area contributed by atoms with Crippen LogP contribution < -0.4 is 20.7 Å². The number of hydrogen-bond donors (Lipinski definition) is 1. The molecular formula is C29H33F4N7O3. The number of alkyl halides is 3. The zero-order valence-corrected chi connectivity index (χ0v) is 24.3. The van der Waals surface area contributed by atoms with Crippen LogP contribution in [0.5, 0.6) is 0 Å². The van der Waals surface area contributed by atoms with Crippen LogP contribution in [0.3, 0.4) is 0 Å². The fourth-order valence-electron chi connectivity index (χ4n) is 5.37. The minimum absolute atomic E-state index is 0.0442. The molecule has 2 saturated heterocycles. The van der Waals surface area contributed by atoms with Gasteiger partial charge in [0.05, 0.1) is 41.4 Å². The third-order valence-corrected chi connectivity index (χ3v) is 8.03. The molecule has 1 amide bonds. The Morgan fingerprint density at radius 1 is 1.05 bits per heavy atom. The Morgan fingerprint density at radius 2 is 1.72 bits per heavy atom. The number of morpholine rings is 1. The molecule has 1 aromatic carbocycles. The van der Waals surface area contributed by atoms with Crippen LogP contribution in [0.15, 0.2) is 41.5 Å². The molecule has 0 radical (unpaired) electrons. The Hall–Kier alpha value is -4.04. The number of aromatic nitrogens is 3. The normalized spacial score (nSPS) is 19.9. The highest BCUT2D eigenvalue weighted by molar-refractivity contribution is 6.07. The smallest absolute Gasteiger partial charge is 0.378 e. The maximum absolute atomic E-state index is 15.9. The van der Waals surface area contributed by atoms with E-state index in [1.165, 1.54) is 31.4 Å². The van der Waals surface area contributed by atoms with Gasteiger partial charge in [-0.3, -0.25) is 14.5 Å². The summed E-state index contributed by atoms with van der Waals surface area (Å²) in [6.45, 7) is 7.13. The second-order valence-corrected chi connectivity index (χ2v) is 11.0. The quantitative estimate of drug-likeness (QED) is 0.442. The fraction of sp³-hybridized carbons (Fsp3) is 0.448. The Bertz CT molecular complexity index is 1560. The number of carbonyl (C=O) groups is 1. The van der Waals surface area contributed by atoms with E-state index in [4.69, 9.17) is 4.74 Å². The molecule has 1 N–H and O–H groups in total. The van der Waals surface area contributed by atoms with E-state index in [9.17, 15) is 22.8 Å². The summed E-state index contributed by atoms with van der Waals surface area (Å²) in [5, 5.41) is 2.59. The lowest BCUT2D eigenvalue weighted by atomic mass is 10.0. The van der Waals surface area contributed by atoms with E-state index in [-0.39, 0.29) is 29.0 Å².